The summed E-state index contributed by atoms with van der Waals surface area (Å²) in [6.45, 7) is 15.8. The summed E-state index contributed by atoms with van der Waals surface area (Å²) in [5.41, 5.74) is 5.08. The zero-order chi connectivity index (χ0) is 30.9. The number of nitrogens with zero attached hydrogens (tertiary/aromatic N) is 1. The topological polar surface area (TPSA) is 57.2 Å². The van der Waals surface area contributed by atoms with Crippen LogP contribution in [0.2, 0.25) is 0 Å². The molecule has 248 valence electrons. The number of unbranched alkanes of at least 4 members (excludes halogenated alkanes) is 2. The first kappa shape index (κ1) is 32.9. The molecule has 2 saturated heterocycles. The van der Waals surface area contributed by atoms with Gasteiger partial charge in [-0.3, -0.25) is 9.69 Å². The number of hydrogen-bond acceptors (Lipinski definition) is 6. The van der Waals surface area contributed by atoms with Gasteiger partial charge in [0.15, 0.2) is 5.78 Å². The lowest BCUT2D eigenvalue weighted by molar-refractivity contribution is -0.116. The van der Waals surface area contributed by atoms with Gasteiger partial charge in [0.1, 0.15) is 0 Å². The largest absolute Gasteiger partial charge is 0.385 e. The monoisotopic (exact) mass is 611 g/mol. The molecular weight excluding hydrogens is 550 g/mol. The molecule has 9 atom stereocenters. The summed E-state index contributed by atoms with van der Waals surface area (Å²) in [7, 11) is 1.76. The quantitative estimate of drug-likeness (QED) is 0.172. The standard InChI is InChI=1S/C38H61NO5/c1-26-21-35-36(39(25-26)15-18-43-20-19-42-17-8-6-7-16-41-5)28(3)38(44-35)14-12-31-32-10-9-29-22-30(40)11-13-37(29,4)34(32)23-33(31)27(2)24-38/h22,26,28,31-32,34-36H,6-21,23-25H2,1-5H3/t26-,28+,31-,32-,34-,35+,36-,37-,38-/m0/s1. The lowest BCUT2D eigenvalue weighted by Crippen LogP contribution is -2.52. The maximum Gasteiger partial charge on any atom is 0.155 e. The Bertz CT molecular complexity index is 1090. The number of likely N-dealkylation sites (tertiary alicyclic amines) is 1. The summed E-state index contributed by atoms with van der Waals surface area (Å²) in [6, 6.07) is 0.489. The van der Waals surface area contributed by atoms with Gasteiger partial charge >= 0.3 is 0 Å². The van der Waals surface area contributed by atoms with Crippen LogP contribution in [-0.2, 0) is 23.7 Å². The van der Waals surface area contributed by atoms with Gasteiger partial charge in [-0.05, 0) is 113 Å². The molecule has 0 aromatic carbocycles. The lowest BCUT2D eigenvalue weighted by Gasteiger charge is -2.48. The number of carbonyl (C=O) groups excluding carboxylic acids is 1. The molecule has 6 nitrogen and oxygen atoms in total. The van der Waals surface area contributed by atoms with E-state index in [0.29, 0.717) is 54.8 Å². The van der Waals surface area contributed by atoms with Crippen molar-refractivity contribution in [2.75, 3.05) is 53.2 Å². The van der Waals surface area contributed by atoms with Crippen LogP contribution in [-0.4, -0.2) is 81.7 Å². The van der Waals surface area contributed by atoms with Crippen molar-refractivity contribution in [3.63, 3.8) is 0 Å². The molecular formula is C38H61NO5. The van der Waals surface area contributed by atoms with Crippen LogP contribution in [0.4, 0.5) is 0 Å². The minimum Gasteiger partial charge on any atom is -0.385 e. The Morgan fingerprint density at radius 1 is 1.00 bits per heavy atom. The molecule has 2 saturated carbocycles. The van der Waals surface area contributed by atoms with Gasteiger partial charge in [-0.25, -0.2) is 0 Å². The van der Waals surface area contributed by atoms with Crippen molar-refractivity contribution in [2.45, 2.75) is 122 Å². The second kappa shape index (κ2) is 14.0. The molecule has 44 heavy (non-hydrogen) atoms. The number of methoxy groups -OCH3 is 1. The Kier molecular flexibility index (Phi) is 10.4. The van der Waals surface area contributed by atoms with E-state index >= 15 is 0 Å². The summed E-state index contributed by atoms with van der Waals surface area (Å²) in [5.74, 6) is 3.74. The van der Waals surface area contributed by atoms with Gasteiger partial charge in [-0.2, -0.15) is 0 Å². The van der Waals surface area contributed by atoms with Crippen LogP contribution in [0.5, 0.6) is 0 Å². The van der Waals surface area contributed by atoms with Crippen LogP contribution >= 0.6 is 0 Å². The molecule has 0 aromatic rings. The molecule has 0 unspecified atom stereocenters. The molecule has 4 aliphatic carbocycles. The number of hydrogen-bond donors (Lipinski definition) is 0. The maximum atomic E-state index is 12.3. The summed E-state index contributed by atoms with van der Waals surface area (Å²) >= 11 is 0. The molecule has 1 spiro atoms. The van der Waals surface area contributed by atoms with Crippen molar-refractivity contribution < 1.29 is 23.7 Å². The first-order valence-electron chi connectivity index (χ1n) is 18.2. The minimum absolute atomic E-state index is 0.0343. The molecule has 4 fully saturated rings. The molecule has 0 radical (unpaired) electrons. The average Bonchev–Trinajstić information content (AvgIpc) is 3.46. The molecule has 0 bridgehead atoms. The normalized spacial score (nSPS) is 40.4. The summed E-state index contributed by atoms with van der Waals surface area (Å²) in [6.07, 6.45) is 15.9. The number of rotatable bonds is 12. The number of carbonyl (C=O) groups is 1. The van der Waals surface area contributed by atoms with Crippen LogP contribution in [0.15, 0.2) is 22.8 Å². The van der Waals surface area contributed by atoms with Crippen LogP contribution in [0.1, 0.15) is 105 Å². The van der Waals surface area contributed by atoms with Gasteiger partial charge in [-0.15, -0.1) is 0 Å². The minimum atomic E-state index is -0.0343. The van der Waals surface area contributed by atoms with Crippen molar-refractivity contribution >= 4 is 5.78 Å². The number of ketones is 1. The molecule has 6 rings (SSSR count). The van der Waals surface area contributed by atoms with E-state index < -0.39 is 0 Å². The van der Waals surface area contributed by atoms with Crippen molar-refractivity contribution in [1.29, 1.82) is 0 Å². The van der Waals surface area contributed by atoms with Crippen LogP contribution in [0.3, 0.4) is 0 Å². The van der Waals surface area contributed by atoms with Crippen molar-refractivity contribution in [3.8, 4) is 0 Å². The fraction of sp³-hybridized carbons (Fsp3) is 0.868. The zero-order valence-electron chi connectivity index (χ0n) is 28.5. The predicted molar refractivity (Wildman–Crippen MR) is 175 cm³/mol. The Hall–Kier alpha value is -1.05. The van der Waals surface area contributed by atoms with Crippen LogP contribution < -0.4 is 0 Å². The van der Waals surface area contributed by atoms with Gasteiger partial charge in [0, 0.05) is 51.8 Å². The van der Waals surface area contributed by atoms with E-state index in [-0.39, 0.29) is 11.0 Å². The number of ether oxygens (including phenoxy) is 4. The van der Waals surface area contributed by atoms with Crippen LogP contribution in [0.25, 0.3) is 0 Å². The highest BCUT2D eigenvalue weighted by atomic mass is 16.5. The van der Waals surface area contributed by atoms with Crippen molar-refractivity contribution in [3.05, 3.63) is 22.8 Å². The summed E-state index contributed by atoms with van der Waals surface area (Å²) in [4.78, 5) is 15.0. The maximum absolute atomic E-state index is 12.3. The predicted octanol–water partition coefficient (Wildman–Crippen LogP) is 7.16. The first-order chi connectivity index (χ1) is 21.3. The average molecular weight is 612 g/mol. The van der Waals surface area contributed by atoms with E-state index in [9.17, 15) is 4.79 Å². The molecule has 0 amide bonds. The van der Waals surface area contributed by atoms with Crippen LogP contribution in [0, 0.1) is 35.0 Å². The molecule has 0 N–H and O–H groups in total. The van der Waals surface area contributed by atoms with E-state index in [1.54, 1.807) is 18.3 Å². The van der Waals surface area contributed by atoms with E-state index in [2.05, 4.69) is 32.6 Å². The Morgan fingerprint density at radius 2 is 1.80 bits per heavy atom. The van der Waals surface area contributed by atoms with E-state index in [4.69, 9.17) is 18.9 Å². The number of piperidine rings is 1. The third kappa shape index (κ3) is 6.41. The highest BCUT2D eigenvalue weighted by molar-refractivity contribution is 5.91. The Labute approximate surface area is 267 Å². The van der Waals surface area contributed by atoms with Gasteiger partial charge in [0.05, 0.1) is 31.5 Å². The third-order valence-corrected chi connectivity index (χ3v) is 13.2. The second-order valence-corrected chi connectivity index (χ2v) is 15.8. The molecule has 2 heterocycles. The second-order valence-electron chi connectivity index (χ2n) is 15.8. The lowest BCUT2D eigenvalue weighted by atomic mass is 9.56. The van der Waals surface area contributed by atoms with Gasteiger partial charge in [-0.1, -0.05) is 37.5 Å². The Balaban J connectivity index is 1.05. The molecule has 0 aromatic heterocycles. The Morgan fingerprint density at radius 3 is 2.61 bits per heavy atom. The van der Waals surface area contributed by atoms with Gasteiger partial charge in [0.25, 0.3) is 0 Å². The molecule has 2 aliphatic heterocycles. The molecule has 6 heteroatoms. The highest BCUT2D eigenvalue weighted by Crippen LogP contribution is 2.64. The van der Waals surface area contributed by atoms with Gasteiger partial charge in [0.2, 0.25) is 0 Å². The zero-order valence-corrected chi connectivity index (χ0v) is 28.5. The SMILES string of the molecule is COCCCCCOCCOCCN1C[C@@H](C)C[C@H]2O[C@]3(CC[C@@H]4C(=C(C)C3)C[C@H]3[C@H]4CCC4=CC(=O)CC[C@@]43C)[C@H](C)[C@@H]21. The van der Waals surface area contributed by atoms with E-state index in [0.717, 1.165) is 83.8 Å². The fourth-order valence-electron chi connectivity index (χ4n) is 10.9. The summed E-state index contributed by atoms with van der Waals surface area (Å²) < 4.78 is 24.3. The number of allylic oxidation sites excluding steroid dienone is 3. The third-order valence-electron chi connectivity index (χ3n) is 13.2. The summed E-state index contributed by atoms with van der Waals surface area (Å²) in [5, 5.41) is 0. The van der Waals surface area contributed by atoms with E-state index in [1.807, 2.05) is 6.08 Å². The first-order valence-corrected chi connectivity index (χ1v) is 18.2. The van der Waals surface area contributed by atoms with Crippen molar-refractivity contribution in [2.24, 2.45) is 35.0 Å². The fourth-order valence-corrected chi connectivity index (χ4v) is 10.9. The molecule has 6 aliphatic rings. The van der Waals surface area contributed by atoms with Crippen molar-refractivity contribution in [1.82, 2.24) is 4.90 Å². The van der Waals surface area contributed by atoms with Gasteiger partial charge < -0.3 is 18.9 Å². The highest BCUT2D eigenvalue weighted by Gasteiger charge is 2.59. The number of fused-ring (bicyclic) bond motifs is 6. The smallest absolute Gasteiger partial charge is 0.155 e. The van der Waals surface area contributed by atoms with E-state index in [1.165, 1.54) is 37.7 Å².